The van der Waals surface area contributed by atoms with Gasteiger partial charge in [0.25, 0.3) is 0 Å². The van der Waals surface area contributed by atoms with Crippen molar-refractivity contribution in [3.8, 4) is 0 Å². The quantitative estimate of drug-likeness (QED) is 0.262. The van der Waals surface area contributed by atoms with Crippen LogP contribution in [0.25, 0.3) is 33.2 Å². The molecule has 2 aliphatic heterocycles. The third kappa shape index (κ3) is 4.29. The van der Waals surface area contributed by atoms with Crippen LogP contribution in [0.4, 0.5) is 0 Å². The zero-order valence-corrected chi connectivity index (χ0v) is 26.8. The smallest absolute Gasteiger partial charge is 0.303 e. The first-order valence-corrected chi connectivity index (χ1v) is 15.6. The molecule has 7 nitrogen and oxygen atoms in total. The van der Waals surface area contributed by atoms with Crippen LogP contribution >= 0.6 is 15.9 Å². The van der Waals surface area contributed by atoms with Gasteiger partial charge in [0.05, 0.1) is 38.3 Å². The van der Waals surface area contributed by atoms with Crippen LogP contribution in [0.1, 0.15) is 127 Å². The van der Waals surface area contributed by atoms with Gasteiger partial charge in [-0.3, -0.25) is 14.6 Å². The predicted molar refractivity (Wildman–Crippen MR) is 171 cm³/mol. The molecule has 1 aliphatic carbocycles. The van der Waals surface area contributed by atoms with Crippen molar-refractivity contribution < 1.29 is 14.7 Å². The number of hydrogen-bond donors (Lipinski definition) is 3. The van der Waals surface area contributed by atoms with E-state index in [9.17, 15) is 14.7 Å². The van der Waals surface area contributed by atoms with Crippen LogP contribution < -0.4 is 0 Å². The molecule has 8 heteroatoms. The number of allylic oxidation sites excluding steroid dienone is 2. The first-order chi connectivity index (χ1) is 19.9. The fourth-order valence-corrected chi connectivity index (χ4v) is 8.13. The number of rotatable bonds is 5. The van der Waals surface area contributed by atoms with Gasteiger partial charge < -0.3 is 15.1 Å². The molecule has 2 atom stereocenters. The normalized spacial score (nSPS) is 18.1. The number of H-pyrrole nitrogens is 2. The Kier molecular flexibility index (Phi) is 7.03. The highest BCUT2D eigenvalue weighted by Gasteiger charge is 2.37. The van der Waals surface area contributed by atoms with Crippen molar-refractivity contribution in [1.29, 1.82) is 0 Å². The van der Waals surface area contributed by atoms with Crippen LogP contribution in [-0.2, 0) is 11.2 Å². The van der Waals surface area contributed by atoms with E-state index in [4.69, 9.17) is 9.97 Å². The number of ketones is 1. The lowest BCUT2D eigenvalue weighted by Gasteiger charge is -2.16. The number of Topliss-reactive ketones (excluding diaryl/α,β-unsaturated/α-hetero) is 1. The van der Waals surface area contributed by atoms with E-state index in [-0.39, 0.29) is 36.4 Å². The SMILES string of the molecule is CCC1=C(C)c2cc3[nH]c(c(C)c3C(C)C)c(Br)c3nc(c4c5[nH]c(cc1n2)c(C)c5C(=O)C4)[C@@H](CCC(=O)O)[C@@H]3C. The minimum Gasteiger partial charge on any atom is -0.481 e. The zero-order valence-electron chi connectivity index (χ0n) is 25.3. The van der Waals surface area contributed by atoms with E-state index in [1.807, 2.05) is 6.92 Å². The summed E-state index contributed by atoms with van der Waals surface area (Å²) >= 11 is 3.93. The van der Waals surface area contributed by atoms with Gasteiger partial charge in [-0.2, -0.15) is 0 Å². The molecule has 0 saturated heterocycles. The zero-order chi connectivity index (χ0) is 30.2. The molecule has 6 rings (SSSR count). The highest BCUT2D eigenvalue weighted by molar-refractivity contribution is 9.10. The summed E-state index contributed by atoms with van der Waals surface area (Å²) in [6.07, 6.45) is 1.60. The number of carboxylic acid groups (broad SMARTS) is 1. The number of hydrogen-bond acceptors (Lipinski definition) is 4. The minimum absolute atomic E-state index is 0.0379. The Morgan fingerprint density at radius 2 is 1.74 bits per heavy atom. The average molecular weight is 630 g/mol. The number of aryl methyl sites for hydroxylation is 2. The molecule has 3 aromatic rings. The molecule has 3 aromatic heterocycles. The number of carbonyl (C=O) groups excluding carboxylic acids is 1. The first-order valence-electron chi connectivity index (χ1n) is 14.8. The van der Waals surface area contributed by atoms with Crippen LogP contribution in [-0.4, -0.2) is 36.8 Å². The minimum atomic E-state index is -0.831. The van der Waals surface area contributed by atoms with Crippen molar-refractivity contribution in [3.05, 3.63) is 67.2 Å². The van der Waals surface area contributed by atoms with Crippen LogP contribution in [0.5, 0.6) is 0 Å². The first kappa shape index (κ1) is 28.6. The lowest BCUT2D eigenvalue weighted by atomic mass is 9.85. The van der Waals surface area contributed by atoms with Gasteiger partial charge in [0.1, 0.15) is 0 Å². The number of nitrogens with zero attached hydrogens (tertiary/aromatic N) is 2. The highest BCUT2D eigenvalue weighted by Crippen LogP contribution is 2.47. The second-order valence-electron chi connectivity index (χ2n) is 12.3. The summed E-state index contributed by atoms with van der Waals surface area (Å²) in [7, 11) is 0. The van der Waals surface area contributed by atoms with E-state index in [0.717, 1.165) is 78.0 Å². The predicted octanol–water partition coefficient (Wildman–Crippen LogP) is 8.65. The fourth-order valence-electron chi connectivity index (χ4n) is 7.28. The molecule has 0 aromatic carbocycles. The molecule has 0 spiro atoms. The van der Waals surface area contributed by atoms with E-state index < -0.39 is 5.97 Å². The summed E-state index contributed by atoms with van der Waals surface area (Å²) in [4.78, 5) is 42.7. The molecule has 0 amide bonds. The Balaban J connectivity index is 1.81. The lowest BCUT2D eigenvalue weighted by Crippen LogP contribution is -2.08. The number of halogens is 1. The largest absolute Gasteiger partial charge is 0.481 e. The van der Waals surface area contributed by atoms with Crippen LogP contribution in [0.2, 0.25) is 0 Å². The third-order valence-corrected chi connectivity index (χ3v) is 10.3. The second-order valence-corrected chi connectivity index (χ2v) is 13.0. The van der Waals surface area contributed by atoms with Crippen LogP contribution in [0, 0.1) is 13.8 Å². The van der Waals surface area contributed by atoms with Gasteiger partial charge in [0, 0.05) is 46.8 Å². The second kappa shape index (κ2) is 10.3. The summed E-state index contributed by atoms with van der Waals surface area (Å²) in [6, 6.07) is 4.24. The Morgan fingerprint density at radius 3 is 2.40 bits per heavy atom. The Labute approximate surface area is 254 Å². The van der Waals surface area contributed by atoms with Crippen LogP contribution in [0.15, 0.2) is 16.6 Å². The van der Waals surface area contributed by atoms with Gasteiger partial charge in [-0.1, -0.05) is 27.7 Å². The monoisotopic (exact) mass is 628 g/mol. The molecule has 0 saturated carbocycles. The Hall–Kier alpha value is -3.52. The molecule has 218 valence electrons. The average Bonchev–Trinajstić information content (AvgIpc) is 3.68. The number of carbonyl (C=O) groups is 2. The maximum absolute atomic E-state index is 13.5. The fraction of sp³-hybridized carbons (Fsp3) is 0.412. The summed E-state index contributed by atoms with van der Waals surface area (Å²) in [5.74, 6) is -0.641. The maximum atomic E-state index is 13.5. The standard InChI is InChI=1S/C34H37BrN4O3/c1-8-19-15(4)22-13-25-28(14(2)3)18(7)32(38-25)30(35)31-16(5)20(9-10-27(41)42)33(39-31)21-11-26(40)29-17(6)23(37-34(21)29)12-24(19)36-22/h12-14,16,20,37-38H,8-11H2,1-7H3,(H,41,42)/t16-,20-/m0/s1. The Bertz CT molecular complexity index is 1890. The molecule has 42 heavy (non-hydrogen) atoms. The number of aliphatic carboxylic acids is 1. The van der Waals surface area contributed by atoms with Crippen molar-refractivity contribution in [2.45, 2.75) is 91.9 Å². The highest BCUT2D eigenvalue weighted by atomic mass is 79.9. The van der Waals surface area contributed by atoms with E-state index in [0.29, 0.717) is 12.0 Å². The van der Waals surface area contributed by atoms with Crippen molar-refractivity contribution in [2.75, 3.05) is 0 Å². The Morgan fingerprint density at radius 1 is 1.05 bits per heavy atom. The summed E-state index contributed by atoms with van der Waals surface area (Å²) in [5.41, 5.74) is 14.5. The molecule has 0 fully saturated rings. The summed E-state index contributed by atoms with van der Waals surface area (Å²) in [5, 5.41) is 9.57. The maximum Gasteiger partial charge on any atom is 0.303 e. The van der Waals surface area contributed by atoms with Crippen molar-refractivity contribution in [1.82, 2.24) is 19.9 Å². The lowest BCUT2D eigenvalue weighted by molar-refractivity contribution is -0.137. The number of fused-ring (bicyclic) bond motifs is 8. The molecule has 3 N–H and O–H groups in total. The van der Waals surface area contributed by atoms with Gasteiger partial charge in [-0.25, -0.2) is 4.98 Å². The van der Waals surface area contributed by atoms with Gasteiger partial charge >= 0.3 is 5.97 Å². The molecule has 3 aliphatic rings. The number of aromatic nitrogens is 4. The number of carboxylic acids is 1. The van der Waals surface area contributed by atoms with Gasteiger partial charge in [0.15, 0.2) is 5.78 Å². The summed E-state index contributed by atoms with van der Waals surface area (Å²) < 4.78 is 0.875. The molecule has 0 radical (unpaired) electrons. The van der Waals surface area contributed by atoms with Crippen molar-refractivity contribution >= 4 is 60.9 Å². The third-order valence-electron chi connectivity index (χ3n) is 9.47. The molecule has 0 unspecified atom stereocenters. The number of aromatic amines is 2. The summed E-state index contributed by atoms with van der Waals surface area (Å²) in [6.45, 7) is 14.9. The van der Waals surface area contributed by atoms with Gasteiger partial charge in [0.2, 0.25) is 0 Å². The van der Waals surface area contributed by atoms with Crippen molar-refractivity contribution in [2.24, 2.45) is 0 Å². The van der Waals surface area contributed by atoms with Crippen molar-refractivity contribution in [3.63, 3.8) is 0 Å². The topological polar surface area (TPSA) is 112 Å². The molecular formula is C34H37BrN4O3. The van der Waals surface area contributed by atoms with E-state index in [2.05, 4.69) is 79.6 Å². The van der Waals surface area contributed by atoms with Gasteiger partial charge in [-0.15, -0.1) is 0 Å². The molecule has 8 bridgehead atoms. The molecule has 5 heterocycles. The van der Waals surface area contributed by atoms with Crippen LogP contribution in [0.3, 0.4) is 0 Å². The van der Waals surface area contributed by atoms with E-state index in [1.165, 1.54) is 11.1 Å². The van der Waals surface area contributed by atoms with E-state index >= 15 is 0 Å². The molecular weight excluding hydrogens is 592 g/mol. The van der Waals surface area contributed by atoms with E-state index in [1.54, 1.807) is 0 Å². The van der Waals surface area contributed by atoms with Gasteiger partial charge in [-0.05, 0) is 95.4 Å². The number of nitrogens with one attached hydrogen (secondary N) is 2.